The molecule has 0 aliphatic heterocycles. The number of aliphatic hydroxyl groups is 1. The maximum Gasteiger partial charge on any atom is 0.148 e. The van der Waals surface area contributed by atoms with Gasteiger partial charge in [0.2, 0.25) is 0 Å². The van der Waals surface area contributed by atoms with Crippen LogP contribution in [0.25, 0.3) is 0 Å². The van der Waals surface area contributed by atoms with Crippen molar-refractivity contribution in [3.8, 4) is 0 Å². The van der Waals surface area contributed by atoms with Gasteiger partial charge in [0.25, 0.3) is 0 Å². The van der Waals surface area contributed by atoms with Crippen LogP contribution in [0.2, 0.25) is 5.02 Å². The van der Waals surface area contributed by atoms with E-state index < -0.39 is 12.8 Å². The summed E-state index contributed by atoms with van der Waals surface area (Å²) in [4.78, 5) is 0.913. The van der Waals surface area contributed by atoms with E-state index in [4.69, 9.17) is 16.7 Å². The number of alkyl halides is 1. The van der Waals surface area contributed by atoms with Gasteiger partial charge in [0.05, 0.1) is 11.6 Å². The molecular weight excluding hydrogens is 211 g/mol. The zero-order chi connectivity index (χ0) is 9.84. The molecule has 4 heteroatoms. The summed E-state index contributed by atoms with van der Waals surface area (Å²) in [6.45, 7) is -0.505. The number of thioether (sulfide) groups is 1. The van der Waals surface area contributed by atoms with E-state index in [-0.39, 0.29) is 0 Å². The fraction of sp³-hybridized carbons (Fsp3) is 0.333. The van der Waals surface area contributed by atoms with Gasteiger partial charge in [-0.15, -0.1) is 11.8 Å². The fourth-order valence-corrected chi connectivity index (χ4v) is 1.86. The van der Waals surface area contributed by atoms with Gasteiger partial charge in [-0.1, -0.05) is 17.7 Å². The molecule has 1 aromatic carbocycles. The first-order chi connectivity index (χ1) is 6.19. The van der Waals surface area contributed by atoms with Crippen LogP contribution in [0.1, 0.15) is 11.7 Å². The van der Waals surface area contributed by atoms with Crippen molar-refractivity contribution in [3.63, 3.8) is 0 Å². The Balaban J connectivity index is 2.95. The molecular formula is C9H10ClFOS. The SMILES string of the molecule is CSc1ccc(C(F)CO)cc1Cl. The highest BCUT2D eigenvalue weighted by molar-refractivity contribution is 7.98. The van der Waals surface area contributed by atoms with Gasteiger partial charge in [-0.3, -0.25) is 0 Å². The Morgan fingerprint density at radius 1 is 1.62 bits per heavy atom. The maximum atomic E-state index is 13.0. The van der Waals surface area contributed by atoms with Crippen LogP contribution < -0.4 is 0 Å². The van der Waals surface area contributed by atoms with E-state index in [1.54, 1.807) is 18.2 Å². The summed E-state index contributed by atoms with van der Waals surface area (Å²) in [5.41, 5.74) is 0.422. The molecule has 0 radical (unpaired) electrons. The van der Waals surface area contributed by atoms with Crippen molar-refractivity contribution in [3.05, 3.63) is 28.8 Å². The van der Waals surface area contributed by atoms with Crippen molar-refractivity contribution in [1.29, 1.82) is 0 Å². The van der Waals surface area contributed by atoms with Crippen LogP contribution in [-0.4, -0.2) is 18.0 Å². The summed E-state index contributed by atoms with van der Waals surface area (Å²) in [6, 6.07) is 4.94. The van der Waals surface area contributed by atoms with E-state index in [1.165, 1.54) is 11.8 Å². The Morgan fingerprint density at radius 3 is 2.77 bits per heavy atom. The van der Waals surface area contributed by atoms with Gasteiger partial charge in [-0.2, -0.15) is 0 Å². The van der Waals surface area contributed by atoms with E-state index in [0.717, 1.165) is 4.90 Å². The Hall–Kier alpha value is -0.250. The molecule has 1 N–H and O–H groups in total. The largest absolute Gasteiger partial charge is 0.393 e. The molecule has 72 valence electrons. The number of rotatable bonds is 3. The van der Waals surface area contributed by atoms with E-state index in [1.807, 2.05) is 6.26 Å². The maximum absolute atomic E-state index is 13.0. The van der Waals surface area contributed by atoms with Crippen molar-refractivity contribution in [2.45, 2.75) is 11.1 Å². The van der Waals surface area contributed by atoms with Crippen molar-refractivity contribution in [1.82, 2.24) is 0 Å². The monoisotopic (exact) mass is 220 g/mol. The molecule has 0 fully saturated rings. The minimum atomic E-state index is -1.34. The first-order valence-corrected chi connectivity index (χ1v) is 5.37. The lowest BCUT2D eigenvalue weighted by Crippen LogP contribution is -1.96. The molecule has 0 saturated heterocycles. The van der Waals surface area contributed by atoms with E-state index in [9.17, 15) is 4.39 Å². The number of halogens is 2. The van der Waals surface area contributed by atoms with Crippen LogP contribution in [-0.2, 0) is 0 Å². The minimum Gasteiger partial charge on any atom is -0.393 e. The minimum absolute atomic E-state index is 0.422. The zero-order valence-electron chi connectivity index (χ0n) is 7.13. The Morgan fingerprint density at radius 2 is 2.31 bits per heavy atom. The number of aliphatic hydroxyl groups excluding tert-OH is 1. The van der Waals surface area contributed by atoms with Crippen molar-refractivity contribution in [2.24, 2.45) is 0 Å². The number of benzene rings is 1. The third kappa shape index (κ3) is 2.59. The van der Waals surface area contributed by atoms with Crippen LogP contribution >= 0.6 is 23.4 Å². The molecule has 1 atom stereocenters. The summed E-state index contributed by atoms with van der Waals surface area (Å²) >= 11 is 7.37. The van der Waals surface area contributed by atoms with Gasteiger partial charge in [0.15, 0.2) is 0 Å². The summed E-state index contributed by atoms with van der Waals surface area (Å²) in [5.74, 6) is 0. The summed E-state index contributed by atoms with van der Waals surface area (Å²) < 4.78 is 13.0. The second kappa shape index (κ2) is 4.84. The second-order valence-electron chi connectivity index (χ2n) is 2.54. The Labute approximate surface area is 85.9 Å². The lowest BCUT2D eigenvalue weighted by Gasteiger charge is -2.07. The third-order valence-corrected chi connectivity index (χ3v) is 2.92. The zero-order valence-corrected chi connectivity index (χ0v) is 8.70. The summed E-state index contributed by atoms with van der Waals surface area (Å²) in [7, 11) is 0. The highest BCUT2D eigenvalue weighted by Crippen LogP contribution is 2.29. The molecule has 0 aliphatic rings. The van der Waals surface area contributed by atoms with Crippen molar-refractivity contribution >= 4 is 23.4 Å². The second-order valence-corrected chi connectivity index (χ2v) is 3.80. The van der Waals surface area contributed by atoms with Gasteiger partial charge < -0.3 is 5.11 Å². The van der Waals surface area contributed by atoms with E-state index in [2.05, 4.69) is 0 Å². The predicted octanol–water partition coefficient (Wildman–Crippen LogP) is 3.06. The van der Waals surface area contributed by atoms with Gasteiger partial charge in [-0.25, -0.2) is 4.39 Å². The molecule has 0 saturated carbocycles. The number of hydrogen-bond acceptors (Lipinski definition) is 2. The van der Waals surface area contributed by atoms with Crippen molar-refractivity contribution in [2.75, 3.05) is 12.9 Å². The molecule has 0 aliphatic carbocycles. The molecule has 0 amide bonds. The summed E-state index contributed by atoms with van der Waals surface area (Å²) in [5, 5.41) is 9.11. The van der Waals surface area contributed by atoms with Crippen LogP contribution in [0.15, 0.2) is 23.1 Å². The molecule has 0 aromatic heterocycles. The molecule has 1 aromatic rings. The lowest BCUT2D eigenvalue weighted by atomic mass is 10.1. The van der Waals surface area contributed by atoms with Crippen LogP contribution in [0.5, 0.6) is 0 Å². The predicted molar refractivity (Wildman–Crippen MR) is 54.2 cm³/mol. The van der Waals surface area contributed by atoms with E-state index in [0.29, 0.717) is 10.6 Å². The standard InChI is InChI=1S/C9H10ClFOS/c1-13-9-3-2-6(4-7(9)10)8(11)5-12/h2-4,8,12H,5H2,1H3. The Kier molecular flexibility index (Phi) is 4.03. The van der Waals surface area contributed by atoms with Gasteiger partial charge in [0.1, 0.15) is 6.17 Å². The lowest BCUT2D eigenvalue weighted by molar-refractivity contribution is 0.180. The van der Waals surface area contributed by atoms with Crippen LogP contribution in [0.3, 0.4) is 0 Å². The molecule has 0 spiro atoms. The quantitative estimate of drug-likeness (QED) is 0.791. The smallest absolute Gasteiger partial charge is 0.148 e. The van der Waals surface area contributed by atoms with Crippen LogP contribution in [0.4, 0.5) is 4.39 Å². The Bertz CT molecular complexity index is 293. The summed E-state index contributed by atoms with van der Waals surface area (Å²) in [6.07, 6.45) is 0.563. The van der Waals surface area contributed by atoms with Gasteiger partial charge in [0, 0.05) is 4.90 Å². The molecule has 1 nitrogen and oxygen atoms in total. The van der Waals surface area contributed by atoms with Gasteiger partial charge in [-0.05, 0) is 24.0 Å². The molecule has 1 rings (SSSR count). The van der Waals surface area contributed by atoms with Crippen molar-refractivity contribution < 1.29 is 9.50 Å². The normalized spacial score (nSPS) is 12.9. The highest BCUT2D eigenvalue weighted by Gasteiger charge is 2.09. The van der Waals surface area contributed by atoms with Gasteiger partial charge >= 0.3 is 0 Å². The fourth-order valence-electron chi connectivity index (χ4n) is 0.983. The van der Waals surface area contributed by atoms with E-state index >= 15 is 0 Å². The number of hydrogen-bond donors (Lipinski definition) is 1. The first kappa shape index (κ1) is 10.8. The highest BCUT2D eigenvalue weighted by atomic mass is 35.5. The van der Waals surface area contributed by atoms with Crippen LogP contribution in [0, 0.1) is 0 Å². The first-order valence-electron chi connectivity index (χ1n) is 3.77. The molecule has 13 heavy (non-hydrogen) atoms. The molecule has 0 heterocycles. The molecule has 1 unspecified atom stereocenters. The average molecular weight is 221 g/mol. The average Bonchev–Trinajstić information content (AvgIpc) is 2.16. The molecule has 0 bridgehead atoms. The topological polar surface area (TPSA) is 20.2 Å². The third-order valence-electron chi connectivity index (χ3n) is 1.70.